The van der Waals surface area contributed by atoms with Crippen molar-refractivity contribution in [1.82, 2.24) is 10.2 Å². The molecule has 2 N–H and O–H groups in total. The Kier molecular flexibility index (Phi) is 7.77. The standard InChI is InChI=1S/C17H25FN2O2/c1-4-9-19-17(22)12-20(10-13(2)3)11-16(21)14-5-7-15(18)8-6-14/h4-8,13,16,21H,1,9-12H2,2-3H3,(H,19,22). The molecule has 0 fully saturated rings. The second kappa shape index (κ2) is 9.33. The molecule has 22 heavy (non-hydrogen) atoms. The third-order valence-electron chi connectivity index (χ3n) is 3.12. The number of halogens is 1. The van der Waals surface area contributed by atoms with Gasteiger partial charge in [0.15, 0.2) is 0 Å². The highest BCUT2D eigenvalue weighted by Gasteiger charge is 2.17. The fourth-order valence-electron chi connectivity index (χ4n) is 2.20. The van der Waals surface area contributed by atoms with Gasteiger partial charge < -0.3 is 10.4 Å². The lowest BCUT2D eigenvalue weighted by molar-refractivity contribution is -0.122. The molecule has 5 heteroatoms. The molecular formula is C17H25FN2O2. The highest BCUT2D eigenvalue weighted by molar-refractivity contribution is 5.78. The van der Waals surface area contributed by atoms with Crippen LogP contribution in [0, 0.1) is 11.7 Å². The van der Waals surface area contributed by atoms with Gasteiger partial charge in [0, 0.05) is 19.6 Å². The smallest absolute Gasteiger partial charge is 0.234 e. The van der Waals surface area contributed by atoms with Gasteiger partial charge in [0.1, 0.15) is 5.82 Å². The zero-order valence-corrected chi connectivity index (χ0v) is 13.3. The van der Waals surface area contributed by atoms with Crippen molar-refractivity contribution in [3.63, 3.8) is 0 Å². The summed E-state index contributed by atoms with van der Waals surface area (Å²) >= 11 is 0. The molecule has 0 saturated heterocycles. The second-order valence-corrected chi connectivity index (χ2v) is 5.75. The molecule has 4 nitrogen and oxygen atoms in total. The van der Waals surface area contributed by atoms with Crippen LogP contribution in [-0.4, -0.2) is 42.1 Å². The van der Waals surface area contributed by atoms with Crippen molar-refractivity contribution in [3.05, 3.63) is 48.3 Å². The highest BCUT2D eigenvalue weighted by Crippen LogP contribution is 2.15. The van der Waals surface area contributed by atoms with Crippen LogP contribution >= 0.6 is 0 Å². The number of hydrogen-bond acceptors (Lipinski definition) is 3. The van der Waals surface area contributed by atoms with Crippen molar-refractivity contribution >= 4 is 5.91 Å². The monoisotopic (exact) mass is 308 g/mol. The number of carbonyl (C=O) groups is 1. The van der Waals surface area contributed by atoms with E-state index in [2.05, 4.69) is 25.7 Å². The van der Waals surface area contributed by atoms with Crippen molar-refractivity contribution in [1.29, 1.82) is 0 Å². The molecule has 1 amide bonds. The van der Waals surface area contributed by atoms with Crippen LogP contribution < -0.4 is 5.32 Å². The van der Waals surface area contributed by atoms with E-state index in [1.165, 1.54) is 12.1 Å². The minimum Gasteiger partial charge on any atom is -0.387 e. The topological polar surface area (TPSA) is 52.6 Å². The molecule has 1 unspecified atom stereocenters. The van der Waals surface area contributed by atoms with E-state index < -0.39 is 6.10 Å². The minimum absolute atomic E-state index is 0.105. The molecule has 1 atom stereocenters. The van der Waals surface area contributed by atoms with E-state index in [9.17, 15) is 14.3 Å². The average molecular weight is 308 g/mol. The molecule has 0 aromatic heterocycles. The van der Waals surface area contributed by atoms with Crippen molar-refractivity contribution in [3.8, 4) is 0 Å². The van der Waals surface area contributed by atoms with E-state index in [-0.39, 0.29) is 18.3 Å². The molecule has 0 radical (unpaired) electrons. The first-order chi connectivity index (χ1) is 10.4. The molecule has 0 saturated carbocycles. The highest BCUT2D eigenvalue weighted by atomic mass is 19.1. The van der Waals surface area contributed by atoms with E-state index in [1.54, 1.807) is 18.2 Å². The fourth-order valence-corrected chi connectivity index (χ4v) is 2.20. The Bertz CT molecular complexity index is 474. The van der Waals surface area contributed by atoms with Crippen LogP contribution in [0.15, 0.2) is 36.9 Å². The Hall–Kier alpha value is -1.72. The maximum atomic E-state index is 12.9. The van der Waals surface area contributed by atoms with E-state index in [0.29, 0.717) is 31.1 Å². The average Bonchev–Trinajstić information content (AvgIpc) is 2.44. The number of aliphatic hydroxyl groups is 1. The van der Waals surface area contributed by atoms with Gasteiger partial charge in [-0.1, -0.05) is 32.1 Å². The van der Waals surface area contributed by atoms with Gasteiger partial charge in [-0.25, -0.2) is 4.39 Å². The van der Waals surface area contributed by atoms with Crippen molar-refractivity contribution in [2.24, 2.45) is 5.92 Å². The van der Waals surface area contributed by atoms with Gasteiger partial charge in [0.05, 0.1) is 12.6 Å². The summed E-state index contributed by atoms with van der Waals surface area (Å²) in [6.45, 7) is 9.32. The summed E-state index contributed by atoms with van der Waals surface area (Å²) in [5, 5.41) is 13.0. The Morgan fingerprint density at radius 1 is 1.36 bits per heavy atom. The third-order valence-corrected chi connectivity index (χ3v) is 3.12. The normalized spacial score (nSPS) is 12.5. The van der Waals surface area contributed by atoms with Crippen LogP contribution in [0.4, 0.5) is 4.39 Å². The van der Waals surface area contributed by atoms with Crippen LogP contribution in [0.5, 0.6) is 0 Å². The van der Waals surface area contributed by atoms with Crippen LogP contribution in [0.3, 0.4) is 0 Å². The summed E-state index contributed by atoms with van der Waals surface area (Å²) < 4.78 is 12.9. The van der Waals surface area contributed by atoms with Gasteiger partial charge in [-0.2, -0.15) is 0 Å². The zero-order chi connectivity index (χ0) is 16.5. The molecule has 0 aliphatic carbocycles. The Morgan fingerprint density at radius 2 is 2.00 bits per heavy atom. The Labute approximate surface area is 131 Å². The molecule has 1 aromatic carbocycles. The summed E-state index contributed by atoms with van der Waals surface area (Å²) in [6, 6.07) is 5.76. The van der Waals surface area contributed by atoms with E-state index in [1.807, 2.05) is 4.90 Å². The summed E-state index contributed by atoms with van der Waals surface area (Å²) in [5.41, 5.74) is 0.640. The number of amides is 1. The number of rotatable bonds is 9. The number of aliphatic hydroxyl groups excluding tert-OH is 1. The number of nitrogens with zero attached hydrogens (tertiary/aromatic N) is 1. The number of benzene rings is 1. The first kappa shape index (κ1) is 18.3. The Morgan fingerprint density at radius 3 is 2.55 bits per heavy atom. The number of carbonyl (C=O) groups excluding carboxylic acids is 1. The van der Waals surface area contributed by atoms with Crippen LogP contribution in [0.1, 0.15) is 25.5 Å². The first-order valence-electron chi connectivity index (χ1n) is 7.45. The molecular weight excluding hydrogens is 283 g/mol. The fraction of sp³-hybridized carbons (Fsp3) is 0.471. The summed E-state index contributed by atoms with van der Waals surface area (Å²) in [6.07, 6.45) is 0.865. The van der Waals surface area contributed by atoms with Gasteiger partial charge in [-0.05, 0) is 23.6 Å². The summed E-state index contributed by atoms with van der Waals surface area (Å²) in [4.78, 5) is 13.7. The van der Waals surface area contributed by atoms with Crippen molar-refractivity contribution in [2.45, 2.75) is 20.0 Å². The molecule has 0 aliphatic rings. The van der Waals surface area contributed by atoms with Crippen molar-refractivity contribution in [2.75, 3.05) is 26.2 Å². The quantitative estimate of drug-likeness (QED) is 0.687. The van der Waals surface area contributed by atoms with E-state index in [0.717, 1.165) is 0 Å². The molecule has 0 heterocycles. The molecule has 1 rings (SSSR count). The van der Waals surface area contributed by atoms with Gasteiger partial charge in [-0.15, -0.1) is 6.58 Å². The largest absolute Gasteiger partial charge is 0.387 e. The van der Waals surface area contributed by atoms with Gasteiger partial charge in [0.2, 0.25) is 5.91 Å². The Balaban J connectivity index is 2.64. The maximum Gasteiger partial charge on any atom is 0.234 e. The lowest BCUT2D eigenvalue weighted by Crippen LogP contribution is -2.41. The molecule has 0 spiro atoms. The van der Waals surface area contributed by atoms with Gasteiger partial charge in [0.25, 0.3) is 0 Å². The minimum atomic E-state index is -0.758. The summed E-state index contributed by atoms with van der Waals surface area (Å²) in [7, 11) is 0. The van der Waals surface area contributed by atoms with E-state index in [4.69, 9.17) is 0 Å². The predicted octanol–water partition coefficient (Wildman–Crippen LogP) is 2.12. The third kappa shape index (κ3) is 6.83. The predicted molar refractivity (Wildman–Crippen MR) is 85.8 cm³/mol. The van der Waals surface area contributed by atoms with E-state index >= 15 is 0 Å². The van der Waals surface area contributed by atoms with Crippen molar-refractivity contribution < 1.29 is 14.3 Å². The molecule has 0 aliphatic heterocycles. The molecule has 1 aromatic rings. The van der Waals surface area contributed by atoms with Gasteiger partial charge >= 0.3 is 0 Å². The van der Waals surface area contributed by atoms with Crippen LogP contribution in [0.2, 0.25) is 0 Å². The SMILES string of the molecule is C=CCNC(=O)CN(CC(C)C)CC(O)c1ccc(F)cc1. The van der Waals surface area contributed by atoms with Crippen LogP contribution in [0.25, 0.3) is 0 Å². The number of nitrogens with one attached hydrogen (secondary N) is 1. The van der Waals surface area contributed by atoms with Gasteiger partial charge in [-0.3, -0.25) is 9.69 Å². The first-order valence-corrected chi connectivity index (χ1v) is 7.45. The maximum absolute atomic E-state index is 12.9. The molecule has 122 valence electrons. The zero-order valence-electron chi connectivity index (χ0n) is 13.3. The summed E-state index contributed by atoms with van der Waals surface area (Å²) in [5.74, 6) is -0.0710. The molecule has 0 bridgehead atoms. The second-order valence-electron chi connectivity index (χ2n) is 5.75. The lowest BCUT2D eigenvalue weighted by Gasteiger charge is -2.26. The number of hydrogen-bond donors (Lipinski definition) is 2. The van der Waals surface area contributed by atoms with Crippen LogP contribution in [-0.2, 0) is 4.79 Å². The lowest BCUT2D eigenvalue weighted by atomic mass is 10.1.